The summed E-state index contributed by atoms with van der Waals surface area (Å²) >= 11 is 5.96. The third-order valence-electron chi connectivity index (χ3n) is 3.71. The van der Waals surface area contributed by atoms with Crippen LogP contribution in [0.25, 0.3) is 0 Å². The van der Waals surface area contributed by atoms with Crippen LogP contribution in [0.3, 0.4) is 0 Å². The van der Waals surface area contributed by atoms with E-state index in [0.717, 1.165) is 19.3 Å². The van der Waals surface area contributed by atoms with E-state index in [-0.39, 0.29) is 16.5 Å². The van der Waals surface area contributed by atoms with Crippen molar-refractivity contribution in [3.8, 4) is 0 Å². The first-order valence-electron chi connectivity index (χ1n) is 6.58. The Hall–Kier alpha value is -0.820. The summed E-state index contributed by atoms with van der Waals surface area (Å²) in [5.41, 5.74) is 5.20. The fourth-order valence-corrected chi connectivity index (χ4v) is 4.60. The van der Waals surface area contributed by atoms with Gasteiger partial charge in [0.05, 0.1) is 17.2 Å². The average Bonchev–Trinajstić information content (AvgIpc) is 2.38. The Balaban J connectivity index is 2.30. The van der Waals surface area contributed by atoms with Gasteiger partial charge >= 0.3 is 0 Å². The van der Waals surface area contributed by atoms with Crippen LogP contribution in [-0.2, 0) is 10.0 Å². The summed E-state index contributed by atoms with van der Waals surface area (Å²) in [6, 6.07) is 4.28. The molecule has 7 heteroatoms. The van der Waals surface area contributed by atoms with Gasteiger partial charge in [-0.2, -0.15) is 0 Å². The van der Waals surface area contributed by atoms with Gasteiger partial charge in [0.25, 0.3) is 0 Å². The summed E-state index contributed by atoms with van der Waals surface area (Å²) in [6.07, 6.45) is 4.13. The van der Waals surface area contributed by atoms with Crippen LogP contribution in [0.15, 0.2) is 23.1 Å². The molecule has 0 amide bonds. The van der Waals surface area contributed by atoms with Crippen LogP contribution in [-0.4, -0.2) is 25.7 Å². The molecule has 112 valence electrons. The molecule has 1 fully saturated rings. The lowest BCUT2D eigenvalue weighted by Gasteiger charge is -2.36. The number of rotatable bonds is 4. The lowest BCUT2D eigenvalue weighted by molar-refractivity contribution is 0.142. The zero-order valence-electron chi connectivity index (χ0n) is 11.1. The molecule has 0 unspecified atom stereocenters. The summed E-state index contributed by atoms with van der Waals surface area (Å²) in [5.74, 6) is 0. The minimum absolute atomic E-state index is 0.00762. The second-order valence-corrected chi connectivity index (χ2v) is 7.35. The van der Waals surface area contributed by atoms with E-state index in [4.69, 9.17) is 17.3 Å². The number of nitrogen functional groups attached to an aromatic ring is 1. The Morgan fingerprint density at radius 1 is 1.30 bits per heavy atom. The quantitative estimate of drug-likeness (QED) is 0.739. The number of nitrogens with one attached hydrogen (secondary N) is 1. The van der Waals surface area contributed by atoms with E-state index in [1.165, 1.54) is 18.2 Å². The number of sulfonamides is 1. The number of halogens is 1. The maximum Gasteiger partial charge on any atom is 0.242 e. The minimum atomic E-state index is -3.78. The number of hydrogen-bond acceptors (Lipinski definition) is 4. The Bertz CT molecular complexity index is 583. The molecule has 1 aromatic carbocycles. The SMILES string of the molecule is Nc1ccc(S(=O)(=O)NC2(CO)CCCCC2)c(Cl)c1. The summed E-state index contributed by atoms with van der Waals surface area (Å²) in [6.45, 7) is -0.210. The lowest BCUT2D eigenvalue weighted by atomic mass is 9.83. The molecule has 1 aromatic rings. The highest BCUT2D eigenvalue weighted by Gasteiger charge is 2.36. The molecule has 0 heterocycles. The molecule has 1 aliphatic rings. The van der Waals surface area contributed by atoms with Gasteiger partial charge in [-0.05, 0) is 31.0 Å². The third-order valence-corrected chi connectivity index (χ3v) is 5.77. The predicted octanol–water partition coefficient (Wildman–Crippen LogP) is 1.90. The first-order chi connectivity index (χ1) is 9.38. The van der Waals surface area contributed by atoms with Crippen LogP contribution in [0.2, 0.25) is 5.02 Å². The zero-order chi connectivity index (χ0) is 14.8. The molecule has 1 aliphatic carbocycles. The van der Waals surface area contributed by atoms with Crippen molar-refractivity contribution < 1.29 is 13.5 Å². The van der Waals surface area contributed by atoms with Gasteiger partial charge in [-0.25, -0.2) is 13.1 Å². The molecule has 0 saturated heterocycles. The standard InChI is InChI=1S/C13H19ClN2O3S/c14-11-8-10(15)4-5-12(11)20(18,19)16-13(9-17)6-2-1-3-7-13/h4-5,8,16-17H,1-3,6-7,9,15H2. The first kappa shape index (κ1) is 15.6. The maximum atomic E-state index is 12.4. The monoisotopic (exact) mass is 318 g/mol. The van der Waals surface area contributed by atoms with E-state index in [0.29, 0.717) is 18.5 Å². The largest absolute Gasteiger partial charge is 0.399 e. The van der Waals surface area contributed by atoms with E-state index < -0.39 is 15.6 Å². The van der Waals surface area contributed by atoms with E-state index in [9.17, 15) is 13.5 Å². The molecule has 0 radical (unpaired) electrons. The van der Waals surface area contributed by atoms with Crippen molar-refractivity contribution in [1.29, 1.82) is 0 Å². The molecule has 0 spiro atoms. The predicted molar refractivity (Wildman–Crippen MR) is 79.1 cm³/mol. The topological polar surface area (TPSA) is 92.4 Å². The van der Waals surface area contributed by atoms with Gasteiger partial charge < -0.3 is 10.8 Å². The van der Waals surface area contributed by atoms with E-state index >= 15 is 0 Å². The fourth-order valence-electron chi connectivity index (χ4n) is 2.60. The van der Waals surface area contributed by atoms with Crippen molar-refractivity contribution in [3.05, 3.63) is 23.2 Å². The summed E-state index contributed by atoms with van der Waals surface area (Å²) in [5, 5.41) is 9.67. The molecule has 0 aromatic heterocycles. The molecule has 0 bridgehead atoms. The first-order valence-corrected chi connectivity index (χ1v) is 8.45. The molecule has 4 N–H and O–H groups in total. The van der Waals surface area contributed by atoms with Crippen molar-refractivity contribution in [2.75, 3.05) is 12.3 Å². The Labute approximate surface area is 124 Å². The molecule has 0 atom stereocenters. The summed E-state index contributed by atoms with van der Waals surface area (Å²) in [7, 11) is -3.78. The van der Waals surface area contributed by atoms with E-state index in [1.54, 1.807) is 0 Å². The second kappa shape index (κ2) is 5.89. The number of hydrogen-bond donors (Lipinski definition) is 3. The minimum Gasteiger partial charge on any atom is -0.399 e. The van der Waals surface area contributed by atoms with Gasteiger partial charge in [-0.15, -0.1) is 0 Å². The number of nitrogens with two attached hydrogens (primary N) is 1. The molecule has 0 aliphatic heterocycles. The van der Waals surface area contributed by atoms with Crippen molar-refractivity contribution in [3.63, 3.8) is 0 Å². The van der Waals surface area contributed by atoms with Gasteiger partial charge in [0.2, 0.25) is 10.0 Å². The number of aliphatic hydroxyl groups is 1. The zero-order valence-corrected chi connectivity index (χ0v) is 12.7. The highest BCUT2D eigenvalue weighted by molar-refractivity contribution is 7.89. The fraction of sp³-hybridized carbons (Fsp3) is 0.538. The lowest BCUT2D eigenvalue weighted by Crippen LogP contribution is -2.52. The third kappa shape index (κ3) is 3.25. The normalized spacial score (nSPS) is 18.9. The van der Waals surface area contributed by atoms with Crippen LogP contribution in [0.5, 0.6) is 0 Å². The van der Waals surface area contributed by atoms with Crippen molar-refractivity contribution in [2.24, 2.45) is 0 Å². The average molecular weight is 319 g/mol. The van der Waals surface area contributed by atoms with Gasteiger partial charge in [0, 0.05) is 5.69 Å². The van der Waals surface area contributed by atoms with E-state index in [1.807, 2.05) is 0 Å². The second-order valence-electron chi connectivity index (χ2n) is 5.29. The number of benzene rings is 1. The smallest absolute Gasteiger partial charge is 0.242 e. The molecule has 1 saturated carbocycles. The van der Waals surface area contributed by atoms with Crippen molar-refractivity contribution in [1.82, 2.24) is 4.72 Å². The Kier molecular flexibility index (Phi) is 4.59. The van der Waals surface area contributed by atoms with Gasteiger partial charge in [0.1, 0.15) is 4.90 Å². The number of anilines is 1. The van der Waals surface area contributed by atoms with Gasteiger partial charge in [0.15, 0.2) is 0 Å². The van der Waals surface area contributed by atoms with Crippen molar-refractivity contribution >= 4 is 27.3 Å². The van der Waals surface area contributed by atoms with Crippen LogP contribution >= 0.6 is 11.6 Å². The Morgan fingerprint density at radius 3 is 2.50 bits per heavy atom. The molecular weight excluding hydrogens is 300 g/mol. The highest BCUT2D eigenvalue weighted by atomic mass is 35.5. The van der Waals surface area contributed by atoms with Crippen LogP contribution in [0, 0.1) is 0 Å². The molecule has 5 nitrogen and oxygen atoms in total. The van der Waals surface area contributed by atoms with E-state index in [2.05, 4.69) is 4.72 Å². The van der Waals surface area contributed by atoms with Crippen LogP contribution in [0.1, 0.15) is 32.1 Å². The molecular formula is C13H19ClN2O3S. The summed E-state index contributed by atoms with van der Waals surface area (Å²) in [4.78, 5) is -0.00762. The maximum absolute atomic E-state index is 12.4. The van der Waals surface area contributed by atoms with Crippen LogP contribution < -0.4 is 10.5 Å². The summed E-state index contributed by atoms with van der Waals surface area (Å²) < 4.78 is 27.5. The van der Waals surface area contributed by atoms with Crippen LogP contribution in [0.4, 0.5) is 5.69 Å². The molecule has 2 rings (SSSR count). The van der Waals surface area contributed by atoms with Crippen molar-refractivity contribution in [2.45, 2.75) is 42.5 Å². The highest BCUT2D eigenvalue weighted by Crippen LogP contribution is 2.31. The molecule has 20 heavy (non-hydrogen) atoms. The number of aliphatic hydroxyl groups excluding tert-OH is 1. The Morgan fingerprint density at radius 2 is 1.95 bits per heavy atom. The van der Waals surface area contributed by atoms with Gasteiger partial charge in [-0.3, -0.25) is 0 Å². The van der Waals surface area contributed by atoms with Gasteiger partial charge in [-0.1, -0.05) is 30.9 Å².